The Morgan fingerprint density at radius 3 is 2.10 bits per heavy atom. The molecule has 0 bridgehead atoms. The molecule has 5 heteroatoms. The quantitative estimate of drug-likeness (QED) is 0.476. The van der Waals surface area contributed by atoms with E-state index in [-0.39, 0.29) is 0 Å². The average molecular weight is 401 g/mol. The summed E-state index contributed by atoms with van der Waals surface area (Å²) < 4.78 is 1.85. The molecule has 0 amide bonds. The third-order valence-electron chi connectivity index (χ3n) is 4.66. The number of carboxylic acid groups (broad SMARTS) is 1. The smallest absolute Gasteiger partial charge is 0.327 e. The minimum atomic E-state index is -0.876. The second-order valence-electron chi connectivity index (χ2n) is 6.63. The number of carboxylic acids is 1. The fourth-order valence-electron chi connectivity index (χ4n) is 3.26. The number of hydrogen-bond donors (Lipinski definition) is 1. The van der Waals surface area contributed by atoms with Crippen molar-refractivity contribution in [1.29, 1.82) is 0 Å². The molecule has 0 spiro atoms. The minimum Gasteiger partial charge on any atom is -0.480 e. The van der Waals surface area contributed by atoms with E-state index in [0.29, 0.717) is 11.2 Å². The lowest BCUT2D eigenvalue weighted by Gasteiger charge is -2.18. The second-order valence-corrected chi connectivity index (χ2v) is 7.47. The summed E-state index contributed by atoms with van der Waals surface area (Å²) in [4.78, 5) is 17.7. The van der Waals surface area contributed by atoms with Crippen LogP contribution >= 0.6 is 11.3 Å². The summed E-state index contributed by atoms with van der Waals surface area (Å²) in [5.41, 5.74) is 3.60. The van der Waals surface area contributed by atoms with Gasteiger partial charge in [-0.1, -0.05) is 78.9 Å². The maximum Gasteiger partial charge on any atom is 0.327 e. The van der Waals surface area contributed by atoms with Crippen molar-refractivity contribution in [1.82, 2.24) is 4.57 Å². The monoisotopic (exact) mass is 400 g/mol. The standard InChI is InChI=1S/C24H20N2O2S/c27-23(28)21(16-18-10-4-1-5-11-18)26-22(19-12-6-2-7-13-19)17-29-24(26)25-20-14-8-3-9-15-20/h1-15,17,21H,16H2,(H,27,28)/t21-/m1/s1. The van der Waals surface area contributed by atoms with E-state index < -0.39 is 12.0 Å². The van der Waals surface area contributed by atoms with Crippen molar-refractivity contribution in [3.63, 3.8) is 0 Å². The summed E-state index contributed by atoms with van der Waals surface area (Å²) in [5, 5.41) is 12.1. The average Bonchev–Trinajstić information content (AvgIpc) is 3.17. The van der Waals surface area contributed by atoms with Gasteiger partial charge in [-0.2, -0.15) is 0 Å². The number of aromatic nitrogens is 1. The van der Waals surface area contributed by atoms with Gasteiger partial charge in [0.05, 0.1) is 11.4 Å². The molecule has 4 nitrogen and oxygen atoms in total. The second kappa shape index (κ2) is 8.71. The highest BCUT2D eigenvalue weighted by Gasteiger charge is 2.24. The number of aliphatic carboxylic acids is 1. The van der Waals surface area contributed by atoms with E-state index in [1.165, 1.54) is 11.3 Å². The number of carbonyl (C=O) groups is 1. The molecule has 29 heavy (non-hydrogen) atoms. The zero-order chi connectivity index (χ0) is 20.1. The molecule has 0 saturated heterocycles. The first-order chi connectivity index (χ1) is 14.2. The third-order valence-corrected chi connectivity index (χ3v) is 5.50. The Balaban J connectivity index is 1.89. The molecule has 0 unspecified atom stereocenters. The summed E-state index contributed by atoms with van der Waals surface area (Å²) in [5.74, 6) is -0.876. The number of nitrogens with zero attached hydrogens (tertiary/aromatic N) is 2. The summed E-state index contributed by atoms with van der Waals surface area (Å²) in [6.45, 7) is 0. The van der Waals surface area contributed by atoms with Crippen LogP contribution in [0, 0.1) is 0 Å². The van der Waals surface area contributed by atoms with Gasteiger partial charge in [-0.05, 0) is 23.3 Å². The highest BCUT2D eigenvalue weighted by Crippen LogP contribution is 2.26. The Bertz CT molecular complexity index is 1150. The van der Waals surface area contributed by atoms with Crippen molar-refractivity contribution in [2.75, 3.05) is 0 Å². The molecular formula is C24H20N2O2S. The molecule has 0 aliphatic heterocycles. The highest BCUT2D eigenvalue weighted by molar-refractivity contribution is 7.07. The molecule has 4 rings (SSSR count). The van der Waals surface area contributed by atoms with E-state index in [4.69, 9.17) is 4.99 Å². The molecule has 3 aromatic carbocycles. The van der Waals surface area contributed by atoms with Gasteiger partial charge in [0.1, 0.15) is 6.04 Å². The number of rotatable bonds is 6. The van der Waals surface area contributed by atoms with Gasteiger partial charge in [-0.3, -0.25) is 0 Å². The first-order valence-electron chi connectivity index (χ1n) is 9.34. The largest absolute Gasteiger partial charge is 0.480 e. The van der Waals surface area contributed by atoms with E-state index in [0.717, 1.165) is 22.5 Å². The van der Waals surface area contributed by atoms with Gasteiger partial charge in [0.15, 0.2) is 4.80 Å². The normalized spacial score (nSPS) is 12.6. The first kappa shape index (κ1) is 18.9. The molecule has 144 valence electrons. The first-order valence-corrected chi connectivity index (χ1v) is 10.2. The lowest BCUT2D eigenvalue weighted by molar-refractivity contribution is -0.140. The van der Waals surface area contributed by atoms with Gasteiger partial charge in [0, 0.05) is 11.8 Å². The lowest BCUT2D eigenvalue weighted by atomic mass is 10.0. The van der Waals surface area contributed by atoms with E-state index in [9.17, 15) is 9.90 Å². The zero-order valence-corrected chi connectivity index (χ0v) is 16.5. The summed E-state index contributed by atoms with van der Waals surface area (Å²) >= 11 is 1.46. The van der Waals surface area contributed by atoms with Crippen molar-refractivity contribution >= 4 is 23.0 Å². The van der Waals surface area contributed by atoms with Crippen LogP contribution < -0.4 is 4.80 Å². The van der Waals surface area contributed by atoms with Gasteiger partial charge < -0.3 is 9.67 Å². The summed E-state index contributed by atoms with van der Waals surface area (Å²) in [6, 6.07) is 28.4. The summed E-state index contributed by atoms with van der Waals surface area (Å²) in [6.07, 6.45) is 0.384. The summed E-state index contributed by atoms with van der Waals surface area (Å²) in [7, 11) is 0. The Hall–Kier alpha value is -3.44. The van der Waals surface area contributed by atoms with E-state index >= 15 is 0 Å². The topological polar surface area (TPSA) is 54.6 Å². The minimum absolute atomic E-state index is 0.384. The van der Waals surface area contributed by atoms with Crippen LogP contribution in [0.2, 0.25) is 0 Å². The molecule has 1 heterocycles. The van der Waals surface area contributed by atoms with Crippen LogP contribution in [0.3, 0.4) is 0 Å². The Labute approximate surface area is 173 Å². The van der Waals surface area contributed by atoms with Crippen LogP contribution in [-0.2, 0) is 11.2 Å². The van der Waals surface area contributed by atoms with Crippen molar-refractivity contribution < 1.29 is 9.90 Å². The molecule has 0 fully saturated rings. The fourth-order valence-corrected chi connectivity index (χ4v) is 4.23. The molecular weight excluding hydrogens is 380 g/mol. The number of thiazole rings is 1. The molecule has 1 N–H and O–H groups in total. The number of para-hydroxylation sites is 1. The Morgan fingerprint density at radius 2 is 1.48 bits per heavy atom. The predicted molar refractivity (Wildman–Crippen MR) is 116 cm³/mol. The van der Waals surface area contributed by atoms with Crippen LogP contribution in [0.5, 0.6) is 0 Å². The van der Waals surface area contributed by atoms with Gasteiger partial charge in [-0.25, -0.2) is 9.79 Å². The van der Waals surface area contributed by atoms with Gasteiger partial charge in [-0.15, -0.1) is 11.3 Å². The van der Waals surface area contributed by atoms with Crippen LogP contribution in [0.15, 0.2) is 101 Å². The van der Waals surface area contributed by atoms with Crippen LogP contribution in [0.25, 0.3) is 11.3 Å². The number of benzene rings is 3. The van der Waals surface area contributed by atoms with E-state index in [1.807, 2.05) is 101 Å². The van der Waals surface area contributed by atoms with Crippen molar-refractivity contribution in [3.05, 3.63) is 107 Å². The maximum atomic E-state index is 12.3. The van der Waals surface area contributed by atoms with Gasteiger partial charge in [0.2, 0.25) is 0 Å². The van der Waals surface area contributed by atoms with E-state index in [2.05, 4.69) is 0 Å². The SMILES string of the molecule is O=C(O)[C@@H](Cc1ccccc1)n1c(-c2ccccc2)csc1=Nc1ccccc1. The third kappa shape index (κ3) is 4.36. The maximum absolute atomic E-state index is 12.3. The fraction of sp³-hybridized carbons (Fsp3) is 0.0833. The highest BCUT2D eigenvalue weighted by atomic mass is 32.1. The Kier molecular flexibility index (Phi) is 5.68. The van der Waals surface area contributed by atoms with E-state index in [1.54, 1.807) is 0 Å². The van der Waals surface area contributed by atoms with Crippen LogP contribution in [0.4, 0.5) is 5.69 Å². The number of hydrogen-bond acceptors (Lipinski definition) is 3. The van der Waals surface area contributed by atoms with Crippen LogP contribution in [-0.4, -0.2) is 15.6 Å². The van der Waals surface area contributed by atoms with Crippen molar-refractivity contribution in [2.24, 2.45) is 4.99 Å². The zero-order valence-electron chi connectivity index (χ0n) is 15.7. The molecule has 1 atom stereocenters. The van der Waals surface area contributed by atoms with Gasteiger partial charge >= 0.3 is 5.97 Å². The molecule has 4 aromatic rings. The molecule has 0 saturated carbocycles. The van der Waals surface area contributed by atoms with Crippen molar-refractivity contribution in [2.45, 2.75) is 12.5 Å². The lowest BCUT2D eigenvalue weighted by Crippen LogP contribution is -2.29. The molecule has 0 aliphatic rings. The predicted octanol–water partition coefficient (Wildman–Crippen LogP) is 5.32. The molecule has 0 radical (unpaired) electrons. The van der Waals surface area contributed by atoms with Crippen LogP contribution in [0.1, 0.15) is 11.6 Å². The Morgan fingerprint density at radius 1 is 0.897 bits per heavy atom. The van der Waals surface area contributed by atoms with Crippen molar-refractivity contribution in [3.8, 4) is 11.3 Å². The molecule has 1 aromatic heterocycles. The molecule has 0 aliphatic carbocycles. The van der Waals surface area contributed by atoms with Gasteiger partial charge in [0.25, 0.3) is 0 Å².